The Balaban J connectivity index is 2.07. The Labute approximate surface area is 103 Å². The molecule has 2 atom stereocenters. The molecule has 1 aliphatic carbocycles. The normalized spacial score (nSPS) is 26.5. The minimum atomic E-state index is 0.277. The van der Waals surface area contributed by atoms with E-state index in [1.807, 2.05) is 11.4 Å². The maximum Gasteiger partial charge on any atom is 0.175 e. The van der Waals surface area contributed by atoms with Gasteiger partial charge in [0.25, 0.3) is 0 Å². The number of thiophene rings is 1. The molecule has 0 N–H and O–H groups in total. The Kier molecular flexibility index (Phi) is 3.62. The molecule has 0 aliphatic heterocycles. The fraction of sp³-hybridized carbons (Fsp3) is 0.583. The van der Waals surface area contributed by atoms with Gasteiger partial charge in [0, 0.05) is 15.8 Å². The van der Waals surface area contributed by atoms with Crippen molar-refractivity contribution < 1.29 is 4.79 Å². The highest BCUT2D eigenvalue weighted by molar-refractivity contribution is 9.10. The van der Waals surface area contributed by atoms with Gasteiger partial charge in [0.2, 0.25) is 0 Å². The van der Waals surface area contributed by atoms with Gasteiger partial charge in [0.15, 0.2) is 5.78 Å². The third-order valence-corrected chi connectivity index (χ3v) is 4.82. The predicted octanol–water partition coefficient (Wildman–Crippen LogP) is 4.52. The molecule has 1 heterocycles. The van der Waals surface area contributed by atoms with Crippen LogP contribution < -0.4 is 0 Å². The molecule has 0 bridgehead atoms. The van der Waals surface area contributed by atoms with Crippen molar-refractivity contribution in [2.45, 2.75) is 32.6 Å². The molecule has 0 aromatic carbocycles. The maximum atomic E-state index is 12.1. The number of hydrogen-bond acceptors (Lipinski definition) is 2. The van der Waals surface area contributed by atoms with Gasteiger partial charge in [0.05, 0.1) is 4.88 Å². The molecule has 3 heteroatoms. The molecule has 0 spiro atoms. The van der Waals surface area contributed by atoms with Crippen molar-refractivity contribution in [2.24, 2.45) is 11.8 Å². The average molecular weight is 287 g/mol. The van der Waals surface area contributed by atoms with E-state index in [4.69, 9.17) is 0 Å². The third-order valence-electron chi connectivity index (χ3n) is 3.12. The molecule has 1 aromatic rings. The second kappa shape index (κ2) is 4.79. The van der Waals surface area contributed by atoms with Crippen LogP contribution in [0.1, 0.15) is 42.3 Å². The number of hydrogen-bond donors (Lipinski definition) is 0. The largest absolute Gasteiger partial charge is 0.293 e. The molecular formula is C12H15BrOS. The molecule has 1 nitrogen and oxygen atoms in total. The molecule has 1 aromatic heterocycles. The zero-order valence-electron chi connectivity index (χ0n) is 8.83. The van der Waals surface area contributed by atoms with Gasteiger partial charge in [0.1, 0.15) is 0 Å². The molecule has 1 fully saturated rings. The van der Waals surface area contributed by atoms with E-state index in [-0.39, 0.29) is 5.92 Å². The van der Waals surface area contributed by atoms with Gasteiger partial charge in [-0.15, -0.1) is 11.3 Å². The van der Waals surface area contributed by atoms with Gasteiger partial charge in [-0.3, -0.25) is 4.79 Å². The van der Waals surface area contributed by atoms with Gasteiger partial charge in [-0.2, -0.15) is 0 Å². The summed E-state index contributed by atoms with van der Waals surface area (Å²) in [6, 6.07) is 1.95. The smallest absolute Gasteiger partial charge is 0.175 e. The lowest BCUT2D eigenvalue weighted by Crippen LogP contribution is -2.21. The number of carbonyl (C=O) groups excluding carboxylic acids is 1. The number of halogens is 1. The summed E-state index contributed by atoms with van der Waals surface area (Å²) in [5.74, 6) is 1.35. The monoisotopic (exact) mass is 286 g/mol. The minimum Gasteiger partial charge on any atom is -0.293 e. The van der Waals surface area contributed by atoms with Crippen LogP contribution in [-0.4, -0.2) is 5.78 Å². The van der Waals surface area contributed by atoms with Gasteiger partial charge in [-0.1, -0.05) is 19.8 Å². The first-order valence-corrected chi connectivity index (χ1v) is 7.12. The van der Waals surface area contributed by atoms with E-state index in [0.29, 0.717) is 5.78 Å². The van der Waals surface area contributed by atoms with Crippen molar-refractivity contribution in [3.05, 3.63) is 20.8 Å². The SMILES string of the molecule is CC1CCCC(C(=O)c2cc(Br)cs2)C1. The third kappa shape index (κ3) is 2.70. The van der Waals surface area contributed by atoms with E-state index in [1.165, 1.54) is 12.8 Å². The Morgan fingerprint density at radius 1 is 1.53 bits per heavy atom. The molecule has 82 valence electrons. The van der Waals surface area contributed by atoms with Gasteiger partial charge in [-0.05, 0) is 40.8 Å². The van der Waals surface area contributed by atoms with Crippen molar-refractivity contribution in [1.82, 2.24) is 0 Å². The van der Waals surface area contributed by atoms with Gasteiger partial charge < -0.3 is 0 Å². The van der Waals surface area contributed by atoms with Crippen LogP contribution in [0.5, 0.6) is 0 Å². The second-order valence-electron chi connectivity index (χ2n) is 4.46. The highest BCUT2D eigenvalue weighted by atomic mass is 79.9. The summed E-state index contributed by atoms with van der Waals surface area (Å²) in [7, 11) is 0. The first kappa shape index (κ1) is 11.3. The Bertz CT molecular complexity index is 358. The summed E-state index contributed by atoms with van der Waals surface area (Å²) in [5.41, 5.74) is 0. The van der Waals surface area contributed by atoms with E-state index in [2.05, 4.69) is 22.9 Å². The Morgan fingerprint density at radius 3 is 2.93 bits per heavy atom. The van der Waals surface area contributed by atoms with E-state index in [9.17, 15) is 4.79 Å². The molecule has 1 aliphatic rings. The van der Waals surface area contributed by atoms with Crippen LogP contribution in [-0.2, 0) is 0 Å². The number of ketones is 1. The molecule has 1 saturated carbocycles. The Hall–Kier alpha value is -0.150. The first-order chi connectivity index (χ1) is 7.16. The molecular weight excluding hydrogens is 272 g/mol. The lowest BCUT2D eigenvalue weighted by atomic mass is 9.80. The lowest BCUT2D eigenvalue weighted by Gasteiger charge is -2.25. The number of carbonyl (C=O) groups is 1. The molecule has 15 heavy (non-hydrogen) atoms. The fourth-order valence-corrected chi connectivity index (χ4v) is 3.76. The van der Waals surface area contributed by atoms with E-state index >= 15 is 0 Å². The number of Topliss-reactive ketones (excluding diaryl/α,β-unsaturated/α-hetero) is 1. The average Bonchev–Trinajstić information content (AvgIpc) is 2.64. The summed E-state index contributed by atoms with van der Waals surface area (Å²) >= 11 is 4.95. The fourth-order valence-electron chi connectivity index (χ4n) is 2.32. The van der Waals surface area contributed by atoms with Crippen LogP contribution in [0.4, 0.5) is 0 Å². The van der Waals surface area contributed by atoms with Crippen LogP contribution in [0.25, 0.3) is 0 Å². The van der Waals surface area contributed by atoms with E-state index in [1.54, 1.807) is 11.3 Å². The quantitative estimate of drug-likeness (QED) is 0.731. The van der Waals surface area contributed by atoms with E-state index in [0.717, 1.165) is 28.1 Å². The summed E-state index contributed by atoms with van der Waals surface area (Å²) in [5, 5.41) is 1.99. The van der Waals surface area contributed by atoms with Crippen LogP contribution in [0.2, 0.25) is 0 Å². The van der Waals surface area contributed by atoms with Gasteiger partial charge in [-0.25, -0.2) is 0 Å². The Morgan fingerprint density at radius 2 is 2.33 bits per heavy atom. The maximum absolute atomic E-state index is 12.1. The molecule has 2 rings (SSSR count). The number of rotatable bonds is 2. The van der Waals surface area contributed by atoms with Crippen molar-refractivity contribution >= 4 is 33.0 Å². The summed E-state index contributed by atoms with van der Waals surface area (Å²) in [6.07, 6.45) is 4.66. The first-order valence-electron chi connectivity index (χ1n) is 5.45. The van der Waals surface area contributed by atoms with Crippen LogP contribution in [0.3, 0.4) is 0 Å². The van der Waals surface area contributed by atoms with Crippen molar-refractivity contribution in [3.8, 4) is 0 Å². The van der Waals surface area contributed by atoms with Gasteiger partial charge >= 0.3 is 0 Å². The molecule has 2 unspecified atom stereocenters. The van der Waals surface area contributed by atoms with Crippen molar-refractivity contribution in [3.63, 3.8) is 0 Å². The zero-order chi connectivity index (χ0) is 10.8. The minimum absolute atomic E-state index is 0.277. The van der Waals surface area contributed by atoms with Crippen molar-refractivity contribution in [2.75, 3.05) is 0 Å². The highest BCUT2D eigenvalue weighted by Crippen LogP contribution is 2.32. The molecule has 0 saturated heterocycles. The second-order valence-corrected chi connectivity index (χ2v) is 6.29. The zero-order valence-corrected chi connectivity index (χ0v) is 11.2. The van der Waals surface area contributed by atoms with Crippen molar-refractivity contribution in [1.29, 1.82) is 0 Å². The topological polar surface area (TPSA) is 17.1 Å². The summed E-state index contributed by atoms with van der Waals surface area (Å²) in [4.78, 5) is 13.1. The van der Waals surface area contributed by atoms with Crippen LogP contribution >= 0.6 is 27.3 Å². The van der Waals surface area contributed by atoms with Crippen LogP contribution in [0, 0.1) is 11.8 Å². The lowest BCUT2D eigenvalue weighted by molar-refractivity contribution is 0.0872. The predicted molar refractivity (Wildman–Crippen MR) is 67.5 cm³/mol. The van der Waals surface area contributed by atoms with E-state index < -0.39 is 0 Å². The standard InChI is InChI=1S/C12H15BrOS/c1-8-3-2-4-9(5-8)12(14)11-6-10(13)7-15-11/h6-9H,2-5H2,1H3. The molecule has 0 radical (unpaired) electrons. The summed E-state index contributed by atoms with van der Waals surface area (Å²) in [6.45, 7) is 2.25. The molecule has 0 amide bonds. The summed E-state index contributed by atoms with van der Waals surface area (Å²) < 4.78 is 1.03. The van der Waals surface area contributed by atoms with Crippen LogP contribution in [0.15, 0.2) is 15.9 Å². The highest BCUT2D eigenvalue weighted by Gasteiger charge is 2.26.